The lowest BCUT2D eigenvalue weighted by atomic mass is 10.1. The van der Waals surface area contributed by atoms with Crippen LogP contribution in [0.5, 0.6) is 17.4 Å². The van der Waals surface area contributed by atoms with Crippen molar-refractivity contribution in [3.8, 4) is 17.4 Å². The molecule has 0 spiro atoms. The quantitative estimate of drug-likeness (QED) is 0.714. The minimum Gasteiger partial charge on any atom is -0.493 e. The predicted octanol–water partition coefficient (Wildman–Crippen LogP) is 4.81. The molecule has 0 atom stereocenters. The van der Waals surface area contributed by atoms with Crippen molar-refractivity contribution in [2.75, 3.05) is 12.4 Å². The van der Waals surface area contributed by atoms with E-state index >= 15 is 0 Å². The number of para-hydroxylation sites is 2. The van der Waals surface area contributed by atoms with Crippen molar-refractivity contribution in [3.63, 3.8) is 0 Å². The Hall–Kier alpha value is -2.86. The molecule has 0 radical (unpaired) electrons. The van der Waals surface area contributed by atoms with Gasteiger partial charge in [0.15, 0.2) is 11.5 Å². The number of ether oxygens (including phenoxy) is 2. The number of nitrogens with one attached hydrogen (secondary N) is 1. The molecule has 3 rings (SSSR count). The number of amides is 1. The molecule has 6 heteroatoms. The highest BCUT2D eigenvalue weighted by atomic mass is 32.1. The molecule has 0 saturated carbocycles. The van der Waals surface area contributed by atoms with Gasteiger partial charge >= 0.3 is 0 Å². The monoisotopic (exact) mass is 354 g/mol. The molecule has 25 heavy (non-hydrogen) atoms. The summed E-state index contributed by atoms with van der Waals surface area (Å²) in [5.74, 6) is 1.50. The van der Waals surface area contributed by atoms with E-state index in [9.17, 15) is 4.79 Å². The van der Waals surface area contributed by atoms with E-state index in [4.69, 9.17) is 9.47 Å². The van der Waals surface area contributed by atoms with Gasteiger partial charge in [0.25, 0.3) is 5.91 Å². The maximum atomic E-state index is 12.3. The number of thiophene rings is 1. The Bertz CT molecular complexity index is 888. The molecule has 128 valence electrons. The highest BCUT2D eigenvalue weighted by molar-refractivity contribution is 7.10. The number of benzene rings is 1. The molecule has 0 bridgehead atoms. The predicted molar refractivity (Wildman–Crippen MR) is 99.1 cm³/mol. The van der Waals surface area contributed by atoms with Crippen LogP contribution >= 0.6 is 11.3 Å². The van der Waals surface area contributed by atoms with Crippen LogP contribution in [-0.4, -0.2) is 18.0 Å². The van der Waals surface area contributed by atoms with Gasteiger partial charge < -0.3 is 14.8 Å². The maximum absolute atomic E-state index is 12.3. The molecule has 1 amide bonds. The van der Waals surface area contributed by atoms with Gasteiger partial charge in [-0.15, -0.1) is 11.3 Å². The zero-order valence-corrected chi connectivity index (χ0v) is 15.0. The number of pyridine rings is 1. The third-order valence-electron chi connectivity index (χ3n) is 3.81. The normalized spacial score (nSPS) is 10.4. The summed E-state index contributed by atoms with van der Waals surface area (Å²) in [5, 5.41) is 4.72. The van der Waals surface area contributed by atoms with Crippen LogP contribution < -0.4 is 14.8 Å². The highest BCUT2D eigenvalue weighted by Gasteiger charge is 2.13. The van der Waals surface area contributed by atoms with Gasteiger partial charge in [-0.25, -0.2) is 4.98 Å². The molecule has 1 aromatic carbocycles. The van der Waals surface area contributed by atoms with E-state index < -0.39 is 0 Å². The fourth-order valence-corrected chi connectivity index (χ4v) is 3.13. The maximum Gasteiger partial charge on any atom is 0.256 e. The molecule has 0 aliphatic rings. The second kappa shape index (κ2) is 7.36. The van der Waals surface area contributed by atoms with Gasteiger partial charge in [-0.05, 0) is 37.6 Å². The average Bonchev–Trinajstić information content (AvgIpc) is 2.96. The summed E-state index contributed by atoms with van der Waals surface area (Å²) >= 11 is 1.57. The van der Waals surface area contributed by atoms with Gasteiger partial charge in [0.2, 0.25) is 5.88 Å². The molecule has 0 aliphatic carbocycles. The van der Waals surface area contributed by atoms with Crippen molar-refractivity contribution in [3.05, 3.63) is 64.0 Å². The van der Waals surface area contributed by atoms with Crippen LogP contribution in [-0.2, 0) is 0 Å². The topological polar surface area (TPSA) is 60.5 Å². The van der Waals surface area contributed by atoms with Crippen molar-refractivity contribution >= 4 is 22.9 Å². The number of hydrogen-bond donors (Lipinski definition) is 1. The van der Waals surface area contributed by atoms with Crippen LogP contribution in [0, 0.1) is 13.8 Å². The van der Waals surface area contributed by atoms with E-state index in [2.05, 4.69) is 10.3 Å². The molecule has 0 aliphatic heterocycles. The lowest BCUT2D eigenvalue weighted by Crippen LogP contribution is -2.12. The van der Waals surface area contributed by atoms with Gasteiger partial charge in [-0.3, -0.25) is 4.79 Å². The number of methoxy groups -OCH3 is 1. The Labute approximate surface area is 150 Å². The first-order valence-corrected chi connectivity index (χ1v) is 8.59. The molecule has 2 aromatic heterocycles. The SMILES string of the molecule is COc1ccccc1Oc1ccc(NC(=O)c2csc(C)c2C)cn1. The summed E-state index contributed by atoms with van der Waals surface area (Å²) in [6.45, 7) is 3.95. The van der Waals surface area contributed by atoms with Crippen molar-refractivity contribution in [2.24, 2.45) is 0 Å². The first kappa shape index (κ1) is 17.0. The number of aromatic nitrogens is 1. The summed E-state index contributed by atoms with van der Waals surface area (Å²) in [5.41, 5.74) is 2.31. The van der Waals surface area contributed by atoms with Crippen molar-refractivity contribution in [1.29, 1.82) is 0 Å². The van der Waals surface area contributed by atoms with Gasteiger partial charge in [-0.1, -0.05) is 12.1 Å². The lowest BCUT2D eigenvalue weighted by Gasteiger charge is -2.10. The standard InChI is InChI=1S/C19H18N2O3S/c1-12-13(2)25-11-15(12)19(22)21-14-8-9-18(20-10-14)24-17-7-5-4-6-16(17)23-3/h4-11H,1-3H3,(H,21,22). The lowest BCUT2D eigenvalue weighted by molar-refractivity contribution is 0.102. The average molecular weight is 354 g/mol. The Kier molecular flexibility index (Phi) is 5.00. The molecule has 0 unspecified atom stereocenters. The van der Waals surface area contributed by atoms with Crippen molar-refractivity contribution < 1.29 is 14.3 Å². The Morgan fingerprint density at radius 3 is 2.48 bits per heavy atom. The number of aryl methyl sites for hydroxylation is 1. The Balaban J connectivity index is 1.70. The highest BCUT2D eigenvalue weighted by Crippen LogP contribution is 2.30. The molecule has 1 N–H and O–H groups in total. The summed E-state index contributed by atoms with van der Waals surface area (Å²) in [6, 6.07) is 10.8. The number of nitrogens with zero attached hydrogens (tertiary/aromatic N) is 1. The number of carbonyl (C=O) groups is 1. The smallest absolute Gasteiger partial charge is 0.256 e. The first-order chi connectivity index (χ1) is 12.1. The zero-order chi connectivity index (χ0) is 17.8. The van der Waals surface area contributed by atoms with Gasteiger partial charge in [0.1, 0.15) is 0 Å². The summed E-state index contributed by atoms with van der Waals surface area (Å²) in [6.07, 6.45) is 1.57. The minimum absolute atomic E-state index is 0.137. The first-order valence-electron chi connectivity index (χ1n) is 7.71. The van der Waals surface area contributed by atoms with Gasteiger partial charge in [0.05, 0.1) is 24.6 Å². The van der Waals surface area contributed by atoms with Crippen molar-refractivity contribution in [2.45, 2.75) is 13.8 Å². The van der Waals surface area contributed by atoms with Crippen LogP contribution in [0.3, 0.4) is 0 Å². The molecule has 2 heterocycles. The van der Waals surface area contributed by atoms with Crippen LogP contribution in [0.4, 0.5) is 5.69 Å². The summed E-state index contributed by atoms with van der Waals surface area (Å²) in [4.78, 5) is 17.7. The molecule has 0 fully saturated rings. The minimum atomic E-state index is -0.137. The largest absolute Gasteiger partial charge is 0.493 e. The third-order valence-corrected chi connectivity index (χ3v) is 4.82. The van der Waals surface area contributed by atoms with E-state index in [0.717, 1.165) is 10.4 Å². The molecule has 3 aromatic rings. The van der Waals surface area contributed by atoms with Crippen LogP contribution in [0.25, 0.3) is 0 Å². The van der Waals surface area contributed by atoms with Gasteiger partial charge in [0, 0.05) is 16.3 Å². The van der Waals surface area contributed by atoms with E-state index in [0.29, 0.717) is 28.6 Å². The van der Waals surface area contributed by atoms with Crippen LogP contribution in [0.15, 0.2) is 48.0 Å². The van der Waals surface area contributed by atoms with E-state index in [-0.39, 0.29) is 5.91 Å². The Morgan fingerprint density at radius 2 is 1.88 bits per heavy atom. The molecule has 5 nitrogen and oxygen atoms in total. The number of anilines is 1. The summed E-state index contributed by atoms with van der Waals surface area (Å²) < 4.78 is 11.0. The number of hydrogen-bond acceptors (Lipinski definition) is 5. The number of carbonyl (C=O) groups excluding carboxylic acids is 1. The Morgan fingerprint density at radius 1 is 1.12 bits per heavy atom. The zero-order valence-electron chi connectivity index (χ0n) is 14.2. The van der Waals surface area contributed by atoms with Gasteiger partial charge in [-0.2, -0.15) is 0 Å². The van der Waals surface area contributed by atoms with Crippen LogP contribution in [0.2, 0.25) is 0 Å². The number of rotatable bonds is 5. The molecule has 0 saturated heterocycles. The van der Waals surface area contributed by atoms with E-state index in [1.54, 1.807) is 42.8 Å². The van der Waals surface area contributed by atoms with E-state index in [1.807, 2.05) is 37.4 Å². The van der Waals surface area contributed by atoms with E-state index in [1.165, 1.54) is 0 Å². The second-order valence-corrected chi connectivity index (χ2v) is 6.51. The van der Waals surface area contributed by atoms with Crippen molar-refractivity contribution in [1.82, 2.24) is 4.98 Å². The molecular weight excluding hydrogens is 336 g/mol. The molecular formula is C19H18N2O3S. The van der Waals surface area contributed by atoms with Crippen LogP contribution in [0.1, 0.15) is 20.8 Å². The fourth-order valence-electron chi connectivity index (χ4n) is 2.27. The third kappa shape index (κ3) is 3.80. The fraction of sp³-hybridized carbons (Fsp3) is 0.158. The summed E-state index contributed by atoms with van der Waals surface area (Å²) in [7, 11) is 1.59. The second-order valence-electron chi connectivity index (χ2n) is 5.42.